The minimum atomic E-state index is -1.01. The van der Waals surface area contributed by atoms with Crippen LogP contribution in [0.4, 0.5) is 0 Å². The Morgan fingerprint density at radius 3 is 2.65 bits per heavy atom. The number of benzene rings is 1. The van der Waals surface area contributed by atoms with Crippen LogP contribution >= 0.6 is 0 Å². The lowest BCUT2D eigenvalue weighted by molar-refractivity contribution is -0.141. The number of aliphatic carboxylic acids is 1. The second kappa shape index (κ2) is 6.20. The Morgan fingerprint density at radius 1 is 1.35 bits per heavy atom. The van der Waals surface area contributed by atoms with Crippen LogP contribution in [-0.4, -0.2) is 49.0 Å². The normalized spacial score (nSPS) is 15.2. The van der Waals surface area contributed by atoms with E-state index in [2.05, 4.69) is 10.3 Å². The molecule has 7 heteroatoms. The predicted octanol–water partition coefficient (Wildman–Crippen LogP) is 1.40. The molecule has 0 radical (unpaired) electrons. The van der Waals surface area contributed by atoms with E-state index in [9.17, 15) is 14.7 Å². The van der Waals surface area contributed by atoms with E-state index in [1.165, 1.54) is 11.8 Å². The number of rotatable bonds is 6. The highest BCUT2D eigenvalue weighted by molar-refractivity contribution is 5.95. The average molecular weight is 314 g/mol. The van der Waals surface area contributed by atoms with Crippen molar-refractivity contribution in [2.75, 3.05) is 0 Å². The van der Waals surface area contributed by atoms with Crippen LogP contribution in [0.5, 0.6) is 0 Å². The molecule has 1 heterocycles. The molecule has 0 bridgehead atoms. The van der Waals surface area contributed by atoms with Crippen LogP contribution in [0.3, 0.4) is 0 Å². The first-order chi connectivity index (χ1) is 11.1. The van der Waals surface area contributed by atoms with Gasteiger partial charge in [0.05, 0.1) is 12.7 Å². The summed E-state index contributed by atoms with van der Waals surface area (Å²) in [6, 6.07) is 8.85. The summed E-state index contributed by atoms with van der Waals surface area (Å²) in [5.74, 6) is -1.39. The largest absolute Gasteiger partial charge is 0.480 e. The Hall–Kier alpha value is -2.70. The van der Waals surface area contributed by atoms with E-state index in [1.807, 2.05) is 30.3 Å². The molecule has 120 valence electrons. The van der Waals surface area contributed by atoms with Crippen LogP contribution in [0, 0.1) is 0 Å². The number of carboxylic acids is 1. The van der Waals surface area contributed by atoms with Gasteiger partial charge in [0.25, 0.3) is 5.91 Å². The smallest absolute Gasteiger partial charge is 0.326 e. The monoisotopic (exact) mass is 314 g/mol. The Morgan fingerprint density at radius 2 is 2.04 bits per heavy atom. The third kappa shape index (κ3) is 3.39. The van der Waals surface area contributed by atoms with E-state index in [1.54, 1.807) is 10.9 Å². The first kappa shape index (κ1) is 15.2. The molecule has 1 amide bonds. The third-order valence-electron chi connectivity index (χ3n) is 3.89. The van der Waals surface area contributed by atoms with Gasteiger partial charge in [0.15, 0.2) is 5.69 Å². The van der Waals surface area contributed by atoms with Crippen molar-refractivity contribution in [2.45, 2.75) is 38.4 Å². The lowest BCUT2D eigenvalue weighted by atomic mass is 10.2. The fourth-order valence-electron chi connectivity index (χ4n) is 2.51. The van der Waals surface area contributed by atoms with Crippen LogP contribution in [0.1, 0.15) is 35.8 Å². The average Bonchev–Trinajstić information content (AvgIpc) is 3.26. The Kier molecular flexibility index (Phi) is 4.10. The van der Waals surface area contributed by atoms with Crippen LogP contribution in [0.2, 0.25) is 0 Å². The molecule has 3 rings (SSSR count). The number of amides is 1. The van der Waals surface area contributed by atoms with Crippen molar-refractivity contribution in [3.05, 3.63) is 47.8 Å². The van der Waals surface area contributed by atoms with Gasteiger partial charge < -0.3 is 10.0 Å². The summed E-state index contributed by atoms with van der Waals surface area (Å²) in [5, 5.41) is 17.1. The number of nitrogens with zero attached hydrogens (tertiary/aromatic N) is 4. The van der Waals surface area contributed by atoms with Crippen LogP contribution < -0.4 is 0 Å². The quantitative estimate of drug-likeness (QED) is 0.871. The van der Waals surface area contributed by atoms with E-state index >= 15 is 0 Å². The first-order valence-corrected chi connectivity index (χ1v) is 7.56. The Balaban J connectivity index is 1.76. The van der Waals surface area contributed by atoms with Crippen molar-refractivity contribution in [1.29, 1.82) is 0 Å². The summed E-state index contributed by atoms with van der Waals surface area (Å²) in [6.07, 6.45) is 3.24. The van der Waals surface area contributed by atoms with E-state index in [0.717, 1.165) is 18.4 Å². The summed E-state index contributed by atoms with van der Waals surface area (Å²) in [7, 11) is 0. The van der Waals surface area contributed by atoms with Gasteiger partial charge in [-0.25, -0.2) is 9.48 Å². The summed E-state index contributed by atoms with van der Waals surface area (Å²) in [6.45, 7) is 2.03. The molecule has 7 nitrogen and oxygen atoms in total. The molecular formula is C16H18N4O3. The molecular weight excluding hydrogens is 296 g/mol. The van der Waals surface area contributed by atoms with Gasteiger partial charge in [-0.2, -0.15) is 0 Å². The van der Waals surface area contributed by atoms with E-state index in [0.29, 0.717) is 6.54 Å². The molecule has 0 aliphatic heterocycles. The van der Waals surface area contributed by atoms with Crippen molar-refractivity contribution in [3.8, 4) is 0 Å². The number of hydrogen-bond acceptors (Lipinski definition) is 4. The topological polar surface area (TPSA) is 88.3 Å². The highest BCUT2D eigenvalue weighted by atomic mass is 16.4. The highest BCUT2D eigenvalue weighted by Gasteiger charge is 2.39. The zero-order valence-corrected chi connectivity index (χ0v) is 12.8. The molecule has 1 aromatic heterocycles. The standard InChI is InChI=1S/C16H18N4O3/c1-11(16(22)23)20(13-7-8-13)15(21)14-10-19(18-17-14)9-12-5-3-2-4-6-12/h2-6,10-11,13H,7-9H2,1H3,(H,22,23). The zero-order chi connectivity index (χ0) is 16.4. The van der Waals surface area contributed by atoms with Gasteiger partial charge in [-0.3, -0.25) is 4.79 Å². The molecule has 1 fully saturated rings. The van der Waals surface area contributed by atoms with Gasteiger partial charge in [0.2, 0.25) is 0 Å². The second-order valence-electron chi connectivity index (χ2n) is 5.74. The number of carbonyl (C=O) groups is 2. The van der Waals surface area contributed by atoms with Crippen LogP contribution in [-0.2, 0) is 11.3 Å². The number of aromatic nitrogens is 3. The van der Waals surface area contributed by atoms with Crippen LogP contribution in [0.15, 0.2) is 36.5 Å². The Labute approximate surface area is 133 Å². The van der Waals surface area contributed by atoms with Crippen molar-refractivity contribution >= 4 is 11.9 Å². The maximum atomic E-state index is 12.6. The van der Waals surface area contributed by atoms with E-state index < -0.39 is 12.0 Å². The molecule has 0 spiro atoms. The SMILES string of the molecule is CC(C(=O)O)N(C(=O)c1cn(Cc2ccccc2)nn1)C1CC1. The van der Waals surface area contributed by atoms with Crippen LogP contribution in [0.25, 0.3) is 0 Å². The fraction of sp³-hybridized carbons (Fsp3) is 0.375. The molecule has 1 N–H and O–H groups in total. The van der Waals surface area contributed by atoms with Gasteiger partial charge in [0.1, 0.15) is 6.04 Å². The predicted molar refractivity (Wildman–Crippen MR) is 81.9 cm³/mol. The molecule has 1 aliphatic carbocycles. The van der Waals surface area contributed by atoms with Crippen molar-refractivity contribution in [3.63, 3.8) is 0 Å². The fourth-order valence-corrected chi connectivity index (χ4v) is 2.51. The number of carbonyl (C=O) groups excluding carboxylic acids is 1. The molecule has 1 saturated carbocycles. The van der Waals surface area contributed by atoms with Crippen molar-refractivity contribution in [1.82, 2.24) is 19.9 Å². The maximum Gasteiger partial charge on any atom is 0.326 e. The lowest BCUT2D eigenvalue weighted by Crippen LogP contribution is -2.44. The van der Waals surface area contributed by atoms with Gasteiger partial charge >= 0.3 is 5.97 Å². The van der Waals surface area contributed by atoms with Gasteiger partial charge in [-0.1, -0.05) is 35.5 Å². The number of hydrogen-bond donors (Lipinski definition) is 1. The van der Waals surface area contributed by atoms with E-state index in [4.69, 9.17) is 0 Å². The summed E-state index contributed by atoms with van der Waals surface area (Å²) < 4.78 is 1.58. The highest BCUT2D eigenvalue weighted by Crippen LogP contribution is 2.30. The Bertz CT molecular complexity index is 709. The molecule has 1 aromatic carbocycles. The van der Waals surface area contributed by atoms with E-state index in [-0.39, 0.29) is 17.6 Å². The molecule has 2 aromatic rings. The lowest BCUT2D eigenvalue weighted by Gasteiger charge is -2.25. The summed E-state index contributed by atoms with van der Waals surface area (Å²) >= 11 is 0. The zero-order valence-electron chi connectivity index (χ0n) is 12.8. The molecule has 1 aliphatic rings. The molecule has 1 atom stereocenters. The van der Waals surface area contributed by atoms with Crippen molar-refractivity contribution in [2.24, 2.45) is 0 Å². The maximum absolute atomic E-state index is 12.6. The number of carboxylic acid groups (broad SMARTS) is 1. The van der Waals surface area contributed by atoms with Crippen molar-refractivity contribution < 1.29 is 14.7 Å². The molecule has 23 heavy (non-hydrogen) atoms. The minimum Gasteiger partial charge on any atom is -0.480 e. The summed E-state index contributed by atoms with van der Waals surface area (Å²) in [4.78, 5) is 25.2. The molecule has 1 unspecified atom stereocenters. The third-order valence-corrected chi connectivity index (χ3v) is 3.89. The minimum absolute atomic E-state index is 0.00660. The van der Waals surface area contributed by atoms with Gasteiger partial charge in [0, 0.05) is 6.04 Å². The first-order valence-electron chi connectivity index (χ1n) is 7.56. The molecule has 0 saturated heterocycles. The van der Waals surface area contributed by atoms with Gasteiger partial charge in [-0.15, -0.1) is 5.10 Å². The van der Waals surface area contributed by atoms with Gasteiger partial charge in [-0.05, 0) is 25.3 Å². The second-order valence-corrected chi connectivity index (χ2v) is 5.74. The summed E-state index contributed by atoms with van der Waals surface area (Å²) in [5.41, 5.74) is 1.23.